The number of nitrogens with zero attached hydrogens (tertiary/aromatic N) is 3. The summed E-state index contributed by atoms with van der Waals surface area (Å²) in [7, 11) is 1.90. The molecule has 0 aliphatic rings. The van der Waals surface area contributed by atoms with Crippen molar-refractivity contribution >= 4 is 28.1 Å². The second kappa shape index (κ2) is 4.40. The molecular formula is C11H10BrN3. The Hall–Kier alpha value is -1.42. The van der Waals surface area contributed by atoms with Crippen LogP contribution in [0.25, 0.3) is 12.2 Å². The molecule has 0 saturated carbocycles. The van der Waals surface area contributed by atoms with Gasteiger partial charge in [0.1, 0.15) is 0 Å². The molecule has 15 heavy (non-hydrogen) atoms. The van der Waals surface area contributed by atoms with Crippen molar-refractivity contribution in [1.29, 1.82) is 0 Å². The Bertz CT molecular complexity index is 474. The summed E-state index contributed by atoms with van der Waals surface area (Å²) in [5, 5.41) is 4.29. The highest BCUT2D eigenvalue weighted by Gasteiger charge is 1.99. The molecule has 76 valence electrons. The molecule has 0 amide bonds. The van der Waals surface area contributed by atoms with Crippen molar-refractivity contribution < 1.29 is 0 Å². The average Bonchev–Trinajstić information content (AvgIpc) is 2.56. The maximum atomic E-state index is 4.29. The minimum Gasteiger partial charge on any atom is -0.274 e. The van der Waals surface area contributed by atoms with Gasteiger partial charge in [0.15, 0.2) is 0 Å². The first kappa shape index (κ1) is 10.1. The fraction of sp³-hybridized carbons (Fsp3) is 0.0909. The summed E-state index contributed by atoms with van der Waals surface area (Å²) in [5.41, 5.74) is 1.98. The summed E-state index contributed by atoms with van der Waals surface area (Å²) in [6.07, 6.45) is 9.44. The number of aryl methyl sites for hydroxylation is 1. The summed E-state index contributed by atoms with van der Waals surface area (Å²) in [4.78, 5) is 4.04. The van der Waals surface area contributed by atoms with Gasteiger partial charge in [-0.05, 0) is 33.6 Å². The molecule has 0 radical (unpaired) electrons. The molecule has 2 rings (SSSR count). The second-order valence-electron chi connectivity index (χ2n) is 3.16. The van der Waals surface area contributed by atoms with Crippen molar-refractivity contribution in [2.75, 3.05) is 0 Å². The van der Waals surface area contributed by atoms with E-state index in [9.17, 15) is 0 Å². The molecule has 2 aromatic heterocycles. The van der Waals surface area contributed by atoms with E-state index >= 15 is 0 Å². The topological polar surface area (TPSA) is 30.7 Å². The lowest BCUT2D eigenvalue weighted by Crippen LogP contribution is -1.86. The van der Waals surface area contributed by atoms with Gasteiger partial charge in [0.25, 0.3) is 0 Å². The monoisotopic (exact) mass is 263 g/mol. The van der Waals surface area contributed by atoms with Gasteiger partial charge in [-0.1, -0.05) is 12.1 Å². The van der Waals surface area contributed by atoms with Crippen molar-refractivity contribution in [2.24, 2.45) is 7.05 Å². The van der Waals surface area contributed by atoms with Crippen LogP contribution in [0.15, 0.2) is 35.2 Å². The summed E-state index contributed by atoms with van der Waals surface area (Å²) in [6, 6.07) is 3.91. The van der Waals surface area contributed by atoms with E-state index in [2.05, 4.69) is 26.0 Å². The van der Waals surface area contributed by atoms with Gasteiger partial charge in [-0.25, -0.2) is 0 Å². The summed E-state index contributed by atoms with van der Waals surface area (Å²) >= 11 is 3.44. The Morgan fingerprint density at radius 1 is 1.40 bits per heavy atom. The molecule has 0 aliphatic carbocycles. The molecule has 0 unspecified atom stereocenters. The Morgan fingerprint density at radius 2 is 2.27 bits per heavy atom. The molecule has 0 bridgehead atoms. The smallest absolute Gasteiger partial charge is 0.0993 e. The van der Waals surface area contributed by atoms with E-state index in [1.165, 1.54) is 0 Å². The molecule has 0 spiro atoms. The Balaban J connectivity index is 2.22. The van der Waals surface area contributed by atoms with E-state index in [1.807, 2.05) is 43.7 Å². The van der Waals surface area contributed by atoms with Crippen LogP contribution in [0.1, 0.15) is 11.3 Å². The Kier molecular flexibility index (Phi) is 2.97. The number of pyridine rings is 1. The van der Waals surface area contributed by atoms with Crippen molar-refractivity contribution in [2.45, 2.75) is 0 Å². The average molecular weight is 264 g/mol. The van der Waals surface area contributed by atoms with Crippen molar-refractivity contribution in [3.63, 3.8) is 0 Å². The molecule has 0 aromatic carbocycles. The van der Waals surface area contributed by atoms with Gasteiger partial charge in [0.05, 0.1) is 10.2 Å². The first-order valence-corrected chi connectivity index (χ1v) is 5.32. The lowest BCUT2D eigenvalue weighted by molar-refractivity contribution is 0.764. The zero-order chi connectivity index (χ0) is 10.7. The van der Waals surface area contributed by atoms with E-state index in [-0.39, 0.29) is 0 Å². The number of halogens is 1. The molecular weight excluding hydrogens is 254 g/mol. The zero-order valence-corrected chi connectivity index (χ0v) is 9.85. The maximum Gasteiger partial charge on any atom is 0.0993 e. The fourth-order valence-corrected chi connectivity index (χ4v) is 1.75. The van der Waals surface area contributed by atoms with Gasteiger partial charge >= 0.3 is 0 Å². The van der Waals surface area contributed by atoms with Crippen LogP contribution in [0.3, 0.4) is 0 Å². The molecule has 3 nitrogen and oxygen atoms in total. The minimum absolute atomic E-state index is 0.918. The standard InChI is InChI=1S/C11H10BrN3/c1-15-8-10(12)11(14-15)5-4-9-3-2-6-13-7-9/h2-8H,1H3. The third-order valence-electron chi connectivity index (χ3n) is 1.93. The maximum absolute atomic E-state index is 4.29. The van der Waals surface area contributed by atoms with Crippen LogP contribution in [-0.4, -0.2) is 14.8 Å². The summed E-state index contributed by atoms with van der Waals surface area (Å²) < 4.78 is 2.76. The van der Waals surface area contributed by atoms with Crippen LogP contribution in [0.4, 0.5) is 0 Å². The van der Waals surface area contributed by atoms with Gasteiger partial charge in [0, 0.05) is 25.6 Å². The normalized spacial score (nSPS) is 11.1. The molecule has 4 heteroatoms. The molecule has 0 saturated heterocycles. The summed E-state index contributed by atoms with van der Waals surface area (Å²) in [5.74, 6) is 0. The van der Waals surface area contributed by atoms with Crippen molar-refractivity contribution in [1.82, 2.24) is 14.8 Å². The zero-order valence-electron chi connectivity index (χ0n) is 8.26. The van der Waals surface area contributed by atoms with Gasteiger partial charge in [-0.3, -0.25) is 9.67 Å². The molecule has 2 aromatic rings. The lowest BCUT2D eigenvalue weighted by atomic mass is 10.2. The van der Waals surface area contributed by atoms with Crippen molar-refractivity contribution in [3.8, 4) is 0 Å². The van der Waals surface area contributed by atoms with E-state index < -0.39 is 0 Å². The lowest BCUT2D eigenvalue weighted by Gasteiger charge is -1.90. The predicted octanol–water partition coefficient (Wildman–Crippen LogP) is 2.75. The number of rotatable bonds is 2. The molecule has 0 aliphatic heterocycles. The number of hydrogen-bond acceptors (Lipinski definition) is 2. The van der Waals surface area contributed by atoms with Crippen LogP contribution >= 0.6 is 15.9 Å². The molecule has 0 fully saturated rings. The van der Waals surface area contributed by atoms with Crippen LogP contribution in [-0.2, 0) is 7.05 Å². The van der Waals surface area contributed by atoms with Crippen molar-refractivity contribution in [3.05, 3.63) is 46.5 Å². The first-order valence-electron chi connectivity index (χ1n) is 4.53. The van der Waals surface area contributed by atoms with Crippen LogP contribution in [0.5, 0.6) is 0 Å². The van der Waals surface area contributed by atoms with Crippen LogP contribution in [0.2, 0.25) is 0 Å². The van der Waals surface area contributed by atoms with E-state index in [0.717, 1.165) is 15.7 Å². The minimum atomic E-state index is 0.918. The van der Waals surface area contributed by atoms with Gasteiger partial charge in [-0.15, -0.1) is 0 Å². The molecule has 2 heterocycles. The highest BCUT2D eigenvalue weighted by molar-refractivity contribution is 9.10. The number of hydrogen-bond donors (Lipinski definition) is 0. The largest absolute Gasteiger partial charge is 0.274 e. The molecule has 0 N–H and O–H groups in total. The Morgan fingerprint density at radius 3 is 2.87 bits per heavy atom. The van der Waals surface area contributed by atoms with E-state index in [0.29, 0.717) is 0 Å². The van der Waals surface area contributed by atoms with Crippen LogP contribution < -0.4 is 0 Å². The summed E-state index contributed by atoms with van der Waals surface area (Å²) in [6.45, 7) is 0. The highest BCUT2D eigenvalue weighted by atomic mass is 79.9. The SMILES string of the molecule is Cn1cc(Br)c(C=Cc2cccnc2)n1. The second-order valence-corrected chi connectivity index (χ2v) is 4.01. The van der Waals surface area contributed by atoms with Crippen LogP contribution in [0, 0.1) is 0 Å². The molecule has 0 atom stereocenters. The van der Waals surface area contributed by atoms with Gasteiger partial charge < -0.3 is 0 Å². The quantitative estimate of drug-likeness (QED) is 0.835. The fourth-order valence-electron chi connectivity index (χ4n) is 1.24. The van der Waals surface area contributed by atoms with Gasteiger partial charge in [0.2, 0.25) is 0 Å². The first-order chi connectivity index (χ1) is 7.25. The third-order valence-corrected chi connectivity index (χ3v) is 2.54. The highest BCUT2D eigenvalue weighted by Crippen LogP contribution is 2.16. The number of aromatic nitrogens is 3. The third kappa shape index (κ3) is 2.53. The van der Waals surface area contributed by atoms with E-state index in [4.69, 9.17) is 0 Å². The van der Waals surface area contributed by atoms with E-state index in [1.54, 1.807) is 10.9 Å². The predicted molar refractivity (Wildman–Crippen MR) is 64.1 cm³/mol. The van der Waals surface area contributed by atoms with Gasteiger partial charge in [-0.2, -0.15) is 5.10 Å². The Labute approximate surface area is 96.6 Å².